The summed E-state index contributed by atoms with van der Waals surface area (Å²) in [5.74, 6) is -0.0464. The Labute approximate surface area is 163 Å². The highest BCUT2D eigenvalue weighted by Crippen LogP contribution is 2.17. The predicted octanol–water partition coefficient (Wildman–Crippen LogP) is 4.43. The number of carbonyl (C=O) groups excluding carboxylic acids is 2. The van der Waals surface area contributed by atoms with Crippen molar-refractivity contribution in [2.45, 2.75) is 13.3 Å². The van der Waals surface area contributed by atoms with Crippen LogP contribution in [0.4, 0.5) is 17.2 Å². The maximum absolute atomic E-state index is 12.4. The fraction of sp³-hybridized carbons (Fsp3) is 0.136. The maximum atomic E-state index is 12.4. The van der Waals surface area contributed by atoms with Crippen LogP contribution >= 0.6 is 0 Å². The number of rotatable bonds is 6. The molecule has 0 saturated carbocycles. The van der Waals surface area contributed by atoms with E-state index in [0.717, 1.165) is 12.1 Å². The first-order valence-corrected chi connectivity index (χ1v) is 8.91. The van der Waals surface area contributed by atoms with Gasteiger partial charge in [0.25, 0.3) is 5.91 Å². The minimum absolute atomic E-state index is 0.280. The average Bonchev–Trinajstić information content (AvgIpc) is 2.74. The van der Waals surface area contributed by atoms with Crippen molar-refractivity contribution in [3.63, 3.8) is 0 Å². The van der Waals surface area contributed by atoms with Gasteiger partial charge in [0, 0.05) is 17.6 Å². The van der Waals surface area contributed by atoms with Gasteiger partial charge >= 0.3 is 5.97 Å². The van der Waals surface area contributed by atoms with Gasteiger partial charge in [0.2, 0.25) is 0 Å². The molecule has 1 heterocycles. The molecule has 1 amide bonds. The van der Waals surface area contributed by atoms with Gasteiger partial charge < -0.3 is 15.4 Å². The van der Waals surface area contributed by atoms with Gasteiger partial charge in [-0.2, -0.15) is 0 Å². The Bertz CT molecular complexity index is 950. The maximum Gasteiger partial charge on any atom is 0.337 e. The number of amides is 1. The first kappa shape index (κ1) is 19.1. The summed E-state index contributed by atoms with van der Waals surface area (Å²) in [7, 11) is 1.32. The number of hydrogen-bond acceptors (Lipinski definition) is 5. The number of benzene rings is 2. The number of methoxy groups -OCH3 is 1. The molecular formula is C22H21N3O3. The summed E-state index contributed by atoms with van der Waals surface area (Å²) in [5.41, 5.74) is 3.64. The fourth-order valence-corrected chi connectivity index (χ4v) is 2.58. The van der Waals surface area contributed by atoms with Crippen molar-refractivity contribution >= 4 is 29.1 Å². The van der Waals surface area contributed by atoms with Crippen LogP contribution in [0.15, 0.2) is 66.9 Å². The summed E-state index contributed by atoms with van der Waals surface area (Å²) in [4.78, 5) is 28.1. The average molecular weight is 375 g/mol. The standard InChI is InChI=1S/C22H21N3O3/c1-3-15-4-9-18(10-5-15)24-20-13-8-17(14-23-20)21(26)25-19-11-6-16(7-12-19)22(27)28-2/h4-14H,3H2,1-2H3,(H,23,24)(H,25,26). The van der Waals surface area contributed by atoms with Gasteiger partial charge in [-0.25, -0.2) is 9.78 Å². The highest BCUT2D eigenvalue weighted by Gasteiger charge is 2.09. The lowest BCUT2D eigenvalue weighted by atomic mass is 10.1. The molecule has 0 radical (unpaired) electrons. The quantitative estimate of drug-likeness (QED) is 0.623. The number of anilines is 3. The van der Waals surface area contributed by atoms with Crippen LogP contribution in [-0.2, 0) is 11.2 Å². The van der Waals surface area contributed by atoms with Crippen LogP contribution in [0.2, 0.25) is 0 Å². The summed E-state index contributed by atoms with van der Waals surface area (Å²) in [6.45, 7) is 2.11. The molecule has 0 unspecified atom stereocenters. The molecule has 0 saturated heterocycles. The summed E-state index contributed by atoms with van der Waals surface area (Å²) >= 11 is 0. The molecule has 142 valence electrons. The molecule has 2 aromatic carbocycles. The Morgan fingerprint density at radius 1 is 0.893 bits per heavy atom. The van der Waals surface area contributed by atoms with Gasteiger partial charge in [-0.15, -0.1) is 0 Å². The van der Waals surface area contributed by atoms with Crippen LogP contribution in [0.5, 0.6) is 0 Å². The van der Waals surface area contributed by atoms with Crippen molar-refractivity contribution in [2.24, 2.45) is 0 Å². The van der Waals surface area contributed by atoms with E-state index in [0.29, 0.717) is 22.6 Å². The highest BCUT2D eigenvalue weighted by molar-refractivity contribution is 6.04. The number of hydrogen-bond donors (Lipinski definition) is 2. The predicted molar refractivity (Wildman–Crippen MR) is 109 cm³/mol. The van der Waals surface area contributed by atoms with Crippen LogP contribution in [0.3, 0.4) is 0 Å². The Balaban J connectivity index is 1.62. The number of pyridine rings is 1. The first-order chi connectivity index (χ1) is 13.6. The normalized spacial score (nSPS) is 10.2. The molecule has 3 rings (SSSR count). The summed E-state index contributed by atoms with van der Waals surface area (Å²) < 4.78 is 4.65. The van der Waals surface area contributed by atoms with Gasteiger partial charge in [0.15, 0.2) is 0 Å². The lowest BCUT2D eigenvalue weighted by molar-refractivity contribution is 0.0600. The van der Waals surface area contributed by atoms with Crippen molar-refractivity contribution in [3.8, 4) is 0 Å². The van der Waals surface area contributed by atoms with Crippen LogP contribution in [0.1, 0.15) is 33.2 Å². The first-order valence-electron chi connectivity index (χ1n) is 8.91. The van der Waals surface area contributed by atoms with Gasteiger partial charge in [0.1, 0.15) is 5.82 Å². The number of esters is 1. The zero-order valence-electron chi connectivity index (χ0n) is 15.7. The molecule has 1 aromatic heterocycles. The molecule has 28 heavy (non-hydrogen) atoms. The highest BCUT2D eigenvalue weighted by atomic mass is 16.5. The topological polar surface area (TPSA) is 80.3 Å². The molecule has 0 aliphatic heterocycles. The molecule has 0 atom stereocenters. The van der Waals surface area contributed by atoms with E-state index in [9.17, 15) is 9.59 Å². The summed E-state index contributed by atoms with van der Waals surface area (Å²) in [6, 6.07) is 18.1. The van der Waals surface area contributed by atoms with E-state index in [1.807, 2.05) is 12.1 Å². The minimum Gasteiger partial charge on any atom is -0.465 e. The molecule has 2 N–H and O–H groups in total. The van der Waals surface area contributed by atoms with E-state index in [1.54, 1.807) is 36.4 Å². The Hall–Kier alpha value is -3.67. The number of nitrogens with one attached hydrogen (secondary N) is 2. The van der Waals surface area contributed by atoms with E-state index < -0.39 is 5.97 Å². The Morgan fingerprint density at radius 3 is 2.11 bits per heavy atom. The second kappa shape index (κ2) is 8.81. The van der Waals surface area contributed by atoms with Gasteiger partial charge in [-0.1, -0.05) is 19.1 Å². The zero-order valence-corrected chi connectivity index (χ0v) is 15.7. The third-order valence-corrected chi connectivity index (χ3v) is 4.22. The van der Waals surface area contributed by atoms with Crippen LogP contribution in [0.25, 0.3) is 0 Å². The number of carbonyl (C=O) groups is 2. The number of nitrogens with zero attached hydrogens (tertiary/aromatic N) is 1. The summed E-state index contributed by atoms with van der Waals surface area (Å²) in [5, 5.41) is 5.98. The molecular weight excluding hydrogens is 354 g/mol. The second-order valence-electron chi connectivity index (χ2n) is 6.13. The molecule has 0 aliphatic carbocycles. The molecule has 6 nitrogen and oxygen atoms in total. The lowest BCUT2D eigenvalue weighted by Crippen LogP contribution is -2.12. The zero-order chi connectivity index (χ0) is 19.9. The Kier molecular flexibility index (Phi) is 6.01. The molecule has 0 spiro atoms. The van der Waals surface area contributed by atoms with Crippen molar-refractivity contribution in [1.82, 2.24) is 4.98 Å². The molecule has 0 fully saturated rings. The van der Waals surface area contributed by atoms with Crippen molar-refractivity contribution in [1.29, 1.82) is 0 Å². The molecule has 0 bridgehead atoms. The monoisotopic (exact) mass is 375 g/mol. The van der Waals surface area contributed by atoms with Crippen LogP contribution in [-0.4, -0.2) is 24.0 Å². The lowest BCUT2D eigenvalue weighted by Gasteiger charge is -2.08. The van der Waals surface area contributed by atoms with Crippen LogP contribution < -0.4 is 10.6 Å². The molecule has 6 heteroatoms. The number of aryl methyl sites for hydroxylation is 1. The van der Waals surface area contributed by atoms with Gasteiger partial charge in [-0.3, -0.25) is 4.79 Å². The smallest absolute Gasteiger partial charge is 0.337 e. The van der Waals surface area contributed by atoms with Crippen molar-refractivity contribution in [2.75, 3.05) is 17.7 Å². The Morgan fingerprint density at radius 2 is 1.54 bits per heavy atom. The van der Waals surface area contributed by atoms with E-state index in [-0.39, 0.29) is 5.91 Å². The fourth-order valence-electron chi connectivity index (χ4n) is 2.58. The van der Waals surface area contributed by atoms with E-state index in [1.165, 1.54) is 18.9 Å². The van der Waals surface area contributed by atoms with Crippen molar-refractivity contribution in [3.05, 3.63) is 83.6 Å². The van der Waals surface area contributed by atoms with Gasteiger partial charge in [-0.05, 0) is 60.5 Å². The minimum atomic E-state index is -0.422. The number of ether oxygens (including phenoxy) is 1. The van der Waals surface area contributed by atoms with Gasteiger partial charge in [0.05, 0.1) is 18.2 Å². The van der Waals surface area contributed by atoms with E-state index >= 15 is 0 Å². The number of aromatic nitrogens is 1. The van der Waals surface area contributed by atoms with Crippen molar-refractivity contribution < 1.29 is 14.3 Å². The van der Waals surface area contributed by atoms with E-state index in [2.05, 4.69) is 39.4 Å². The van der Waals surface area contributed by atoms with E-state index in [4.69, 9.17) is 0 Å². The third kappa shape index (κ3) is 4.73. The largest absolute Gasteiger partial charge is 0.465 e. The third-order valence-electron chi connectivity index (χ3n) is 4.22. The van der Waals surface area contributed by atoms with Crippen LogP contribution in [0, 0.1) is 0 Å². The molecule has 3 aromatic rings. The molecule has 0 aliphatic rings. The second-order valence-corrected chi connectivity index (χ2v) is 6.13. The summed E-state index contributed by atoms with van der Waals surface area (Å²) in [6.07, 6.45) is 2.51. The SMILES string of the molecule is CCc1ccc(Nc2ccc(C(=O)Nc3ccc(C(=O)OC)cc3)cn2)cc1.